The Labute approximate surface area is 183 Å². The van der Waals surface area contributed by atoms with Crippen molar-refractivity contribution in [2.24, 2.45) is 0 Å². The molecule has 0 atom stereocenters. The maximum atomic E-state index is 13.3. The smallest absolute Gasteiger partial charge is 0.406 e. The maximum Gasteiger partial charge on any atom is 0.573 e. The molecule has 1 N–H and O–H groups in total. The second-order valence-corrected chi connectivity index (χ2v) is 8.50. The van der Waals surface area contributed by atoms with Gasteiger partial charge < -0.3 is 19.7 Å². The standard InChI is InChI=1S/C23H24F3N3O3/c24-23(25,26)32-17-3-1-2-16(12-17)28-18-13-27-21(22(30)29-8-10-31-11-9-29)20-15-6-4-14(5-7-15)19(18)20/h1-3,12-15,28H,4-11H2. The lowest BCUT2D eigenvalue weighted by Crippen LogP contribution is -2.42. The first-order valence-corrected chi connectivity index (χ1v) is 10.9. The molecular formula is C23H24F3N3O3. The Kier molecular flexibility index (Phi) is 5.44. The number of carbonyl (C=O) groups is 1. The number of hydrogen-bond acceptors (Lipinski definition) is 5. The first-order valence-electron chi connectivity index (χ1n) is 10.9. The van der Waals surface area contributed by atoms with Gasteiger partial charge in [0.15, 0.2) is 0 Å². The number of pyridine rings is 1. The van der Waals surface area contributed by atoms with Gasteiger partial charge in [0.05, 0.1) is 25.1 Å². The summed E-state index contributed by atoms with van der Waals surface area (Å²) in [4.78, 5) is 19.6. The minimum absolute atomic E-state index is 0.0655. The number of nitrogens with zero attached hydrogens (tertiary/aromatic N) is 2. The van der Waals surface area contributed by atoms with Crippen LogP contribution in [0.5, 0.6) is 5.75 Å². The highest BCUT2D eigenvalue weighted by atomic mass is 19.4. The van der Waals surface area contributed by atoms with Gasteiger partial charge in [-0.2, -0.15) is 0 Å². The number of carbonyl (C=O) groups excluding carboxylic acids is 1. The van der Waals surface area contributed by atoms with E-state index < -0.39 is 6.36 Å². The van der Waals surface area contributed by atoms with Crippen LogP contribution in [0.15, 0.2) is 30.5 Å². The highest BCUT2D eigenvalue weighted by Crippen LogP contribution is 2.53. The summed E-state index contributed by atoms with van der Waals surface area (Å²) in [5.74, 6) is 0.240. The lowest BCUT2D eigenvalue weighted by Gasteiger charge is -2.40. The number of nitrogens with one attached hydrogen (secondary N) is 1. The van der Waals surface area contributed by atoms with Gasteiger partial charge in [-0.25, -0.2) is 4.98 Å². The van der Waals surface area contributed by atoms with Crippen LogP contribution in [-0.4, -0.2) is 48.5 Å². The molecule has 1 saturated carbocycles. The van der Waals surface area contributed by atoms with Crippen LogP contribution in [0.1, 0.15) is 59.1 Å². The van der Waals surface area contributed by atoms with Crippen molar-refractivity contribution < 1.29 is 27.4 Å². The van der Waals surface area contributed by atoms with Crippen LogP contribution in [-0.2, 0) is 4.74 Å². The van der Waals surface area contributed by atoms with Gasteiger partial charge >= 0.3 is 6.36 Å². The van der Waals surface area contributed by atoms with Gasteiger partial charge in [-0.05, 0) is 60.8 Å². The molecule has 1 aromatic heterocycles. The summed E-state index contributed by atoms with van der Waals surface area (Å²) in [5.41, 5.74) is 3.83. The molecule has 1 aromatic carbocycles. The van der Waals surface area contributed by atoms with Crippen LogP contribution in [0, 0.1) is 0 Å². The fourth-order valence-corrected chi connectivity index (χ4v) is 5.18. The lowest BCUT2D eigenvalue weighted by atomic mass is 9.66. The number of hydrogen-bond donors (Lipinski definition) is 1. The van der Waals surface area contributed by atoms with Gasteiger partial charge in [-0.3, -0.25) is 4.79 Å². The van der Waals surface area contributed by atoms with E-state index in [0.29, 0.717) is 43.6 Å². The number of aromatic nitrogens is 1. The van der Waals surface area contributed by atoms with Gasteiger partial charge in [-0.1, -0.05) is 6.07 Å². The van der Waals surface area contributed by atoms with Crippen molar-refractivity contribution in [2.45, 2.75) is 43.9 Å². The van der Waals surface area contributed by atoms with Crippen LogP contribution in [0.4, 0.5) is 24.5 Å². The summed E-state index contributed by atoms with van der Waals surface area (Å²) in [7, 11) is 0. The number of amides is 1. The Morgan fingerprint density at radius 3 is 2.47 bits per heavy atom. The van der Waals surface area contributed by atoms with Gasteiger partial charge in [0.25, 0.3) is 5.91 Å². The normalized spacial score (nSPS) is 22.4. The molecule has 6 rings (SSSR count). The van der Waals surface area contributed by atoms with Crippen LogP contribution >= 0.6 is 0 Å². The molecule has 9 heteroatoms. The van der Waals surface area contributed by atoms with E-state index in [1.807, 2.05) is 0 Å². The fraction of sp³-hybridized carbons (Fsp3) is 0.478. The van der Waals surface area contributed by atoms with Crippen molar-refractivity contribution in [1.82, 2.24) is 9.88 Å². The van der Waals surface area contributed by atoms with E-state index in [9.17, 15) is 18.0 Å². The molecule has 4 aliphatic rings. The molecule has 1 saturated heterocycles. The van der Waals surface area contributed by atoms with Crippen molar-refractivity contribution in [3.05, 3.63) is 47.3 Å². The molecule has 6 nitrogen and oxygen atoms in total. The first-order chi connectivity index (χ1) is 15.4. The summed E-state index contributed by atoms with van der Waals surface area (Å²) in [6.45, 7) is 2.15. The van der Waals surface area contributed by atoms with Crippen molar-refractivity contribution >= 4 is 17.3 Å². The Bertz CT molecular complexity index is 1010. The molecule has 2 heterocycles. The molecule has 3 aliphatic carbocycles. The Hall–Kier alpha value is -2.81. The molecule has 2 aromatic rings. The topological polar surface area (TPSA) is 63.7 Å². The number of anilines is 2. The number of morpholine rings is 1. The predicted octanol–water partition coefficient (Wildman–Crippen LogP) is 4.95. The fourth-order valence-electron chi connectivity index (χ4n) is 5.18. The van der Waals surface area contributed by atoms with Gasteiger partial charge in [0.2, 0.25) is 0 Å². The average molecular weight is 447 g/mol. The second-order valence-electron chi connectivity index (χ2n) is 8.50. The van der Waals surface area contributed by atoms with Crippen LogP contribution in [0.2, 0.25) is 0 Å². The third-order valence-corrected chi connectivity index (χ3v) is 6.55. The zero-order chi connectivity index (χ0) is 22.3. The third kappa shape index (κ3) is 4.13. The highest BCUT2D eigenvalue weighted by molar-refractivity contribution is 5.95. The molecule has 1 amide bonds. The van der Waals surface area contributed by atoms with Crippen LogP contribution in [0.25, 0.3) is 0 Å². The zero-order valence-corrected chi connectivity index (χ0v) is 17.5. The summed E-state index contributed by atoms with van der Waals surface area (Å²) < 4.78 is 47.2. The predicted molar refractivity (Wildman–Crippen MR) is 111 cm³/mol. The van der Waals surface area contributed by atoms with Gasteiger partial charge in [-0.15, -0.1) is 13.2 Å². The van der Waals surface area contributed by atoms with E-state index in [1.165, 1.54) is 18.2 Å². The van der Waals surface area contributed by atoms with Crippen molar-refractivity contribution in [3.8, 4) is 5.75 Å². The number of alkyl halides is 3. The largest absolute Gasteiger partial charge is 0.573 e. The van der Waals surface area contributed by atoms with E-state index >= 15 is 0 Å². The van der Waals surface area contributed by atoms with E-state index in [-0.39, 0.29) is 17.6 Å². The molecule has 1 aliphatic heterocycles. The quantitative estimate of drug-likeness (QED) is 0.719. The minimum Gasteiger partial charge on any atom is -0.406 e. The molecule has 0 radical (unpaired) electrons. The van der Waals surface area contributed by atoms with Crippen molar-refractivity contribution in [2.75, 3.05) is 31.6 Å². The average Bonchev–Trinajstić information content (AvgIpc) is 2.79. The van der Waals surface area contributed by atoms with Gasteiger partial charge in [0, 0.05) is 24.8 Å². The summed E-state index contributed by atoms with van der Waals surface area (Å²) in [6, 6.07) is 5.77. The summed E-state index contributed by atoms with van der Waals surface area (Å²) >= 11 is 0. The molecule has 170 valence electrons. The van der Waals surface area contributed by atoms with E-state index in [4.69, 9.17) is 4.74 Å². The Morgan fingerprint density at radius 1 is 1.09 bits per heavy atom. The van der Waals surface area contributed by atoms with Crippen molar-refractivity contribution in [1.29, 1.82) is 0 Å². The lowest BCUT2D eigenvalue weighted by molar-refractivity contribution is -0.274. The molecule has 0 unspecified atom stereocenters. The monoisotopic (exact) mass is 447 g/mol. The van der Waals surface area contributed by atoms with Crippen molar-refractivity contribution in [3.63, 3.8) is 0 Å². The number of ether oxygens (including phenoxy) is 2. The third-order valence-electron chi connectivity index (χ3n) is 6.55. The summed E-state index contributed by atoms with van der Waals surface area (Å²) in [5, 5.41) is 3.23. The Balaban J connectivity index is 1.49. The van der Waals surface area contributed by atoms with Gasteiger partial charge in [0.1, 0.15) is 11.4 Å². The molecule has 2 fully saturated rings. The maximum absolute atomic E-state index is 13.3. The highest BCUT2D eigenvalue weighted by Gasteiger charge is 2.39. The van der Waals surface area contributed by atoms with E-state index in [1.54, 1.807) is 17.2 Å². The number of rotatable bonds is 4. The van der Waals surface area contributed by atoms with Crippen LogP contribution in [0.3, 0.4) is 0 Å². The molecule has 2 bridgehead atoms. The van der Waals surface area contributed by atoms with E-state index in [0.717, 1.165) is 42.5 Å². The molecule has 32 heavy (non-hydrogen) atoms. The second kappa shape index (κ2) is 8.27. The Morgan fingerprint density at radius 2 is 1.78 bits per heavy atom. The first kappa shape index (κ1) is 21.1. The van der Waals surface area contributed by atoms with E-state index in [2.05, 4.69) is 15.0 Å². The number of benzene rings is 1. The minimum atomic E-state index is -4.75. The molecule has 0 spiro atoms. The molecular weight excluding hydrogens is 423 g/mol. The number of fused-ring (bicyclic) bond motifs is 2. The SMILES string of the molecule is O=C(c1ncc(Nc2cccc(OC(F)(F)F)c2)c2c1C1CCC2CC1)N1CCOCC1. The van der Waals surface area contributed by atoms with Crippen LogP contribution < -0.4 is 10.1 Å². The zero-order valence-electron chi connectivity index (χ0n) is 17.5. The number of halogens is 3. The summed E-state index contributed by atoms with van der Waals surface area (Å²) in [6.07, 6.45) is 1.03.